The zero-order chi connectivity index (χ0) is 13.9. The second-order valence-corrected chi connectivity index (χ2v) is 4.62. The standard InChI is InChI=1S/C15H24N2O2/c1-2-3-9-16-15(19)13-17(10-11-18)12-14-7-5-4-6-8-14/h4-8,18H,2-3,9-13H2,1H3,(H,16,19). The number of nitrogens with one attached hydrogen (secondary N) is 1. The zero-order valence-electron chi connectivity index (χ0n) is 11.6. The summed E-state index contributed by atoms with van der Waals surface area (Å²) in [6, 6.07) is 9.98. The Morgan fingerprint density at radius 2 is 2.05 bits per heavy atom. The SMILES string of the molecule is CCCCNC(=O)CN(CCO)Cc1ccccc1. The second kappa shape index (κ2) is 9.53. The smallest absolute Gasteiger partial charge is 0.234 e. The van der Waals surface area contributed by atoms with Crippen molar-refractivity contribution in [3.63, 3.8) is 0 Å². The first-order valence-corrected chi connectivity index (χ1v) is 6.90. The molecule has 19 heavy (non-hydrogen) atoms. The summed E-state index contributed by atoms with van der Waals surface area (Å²) in [6.45, 7) is 4.42. The van der Waals surface area contributed by atoms with E-state index in [0.29, 0.717) is 19.6 Å². The van der Waals surface area contributed by atoms with Crippen molar-refractivity contribution in [3.05, 3.63) is 35.9 Å². The van der Waals surface area contributed by atoms with Gasteiger partial charge in [-0.25, -0.2) is 0 Å². The van der Waals surface area contributed by atoms with E-state index < -0.39 is 0 Å². The number of amides is 1. The highest BCUT2D eigenvalue weighted by Gasteiger charge is 2.10. The molecular formula is C15H24N2O2. The largest absolute Gasteiger partial charge is 0.395 e. The van der Waals surface area contributed by atoms with Crippen LogP contribution in [0.1, 0.15) is 25.3 Å². The number of aliphatic hydroxyl groups is 1. The molecule has 0 bridgehead atoms. The molecule has 2 N–H and O–H groups in total. The lowest BCUT2D eigenvalue weighted by Gasteiger charge is -2.20. The van der Waals surface area contributed by atoms with Crippen LogP contribution in [-0.4, -0.2) is 42.2 Å². The Labute approximate surface area is 115 Å². The molecule has 0 saturated carbocycles. The Bertz CT molecular complexity index is 354. The first kappa shape index (κ1) is 15.7. The summed E-state index contributed by atoms with van der Waals surface area (Å²) in [5.41, 5.74) is 1.15. The molecule has 0 spiro atoms. The first-order valence-electron chi connectivity index (χ1n) is 6.90. The molecule has 0 fully saturated rings. The molecule has 1 aromatic carbocycles. The zero-order valence-corrected chi connectivity index (χ0v) is 11.6. The fourth-order valence-corrected chi connectivity index (χ4v) is 1.86. The Hall–Kier alpha value is -1.39. The van der Waals surface area contributed by atoms with Crippen LogP contribution in [-0.2, 0) is 11.3 Å². The minimum Gasteiger partial charge on any atom is -0.395 e. The lowest BCUT2D eigenvalue weighted by molar-refractivity contribution is -0.122. The summed E-state index contributed by atoms with van der Waals surface area (Å²) >= 11 is 0. The maximum atomic E-state index is 11.8. The third-order valence-electron chi connectivity index (χ3n) is 2.88. The fourth-order valence-electron chi connectivity index (χ4n) is 1.86. The summed E-state index contributed by atoms with van der Waals surface area (Å²) in [5, 5.41) is 12.0. The van der Waals surface area contributed by atoms with Crippen LogP contribution in [0.4, 0.5) is 0 Å². The van der Waals surface area contributed by atoms with E-state index in [0.717, 1.165) is 24.9 Å². The molecule has 0 atom stereocenters. The first-order chi connectivity index (χ1) is 9.26. The quantitative estimate of drug-likeness (QED) is 0.663. The number of unbranched alkanes of at least 4 members (excludes halogenated alkanes) is 1. The number of nitrogens with zero attached hydrogens (tertiary/aromatic N) is 1. The molecule has 0 aliphatic carbocycles. The van der Waals surface area contributed by atoms with Gasteiger partial charge in [-0.3, -0.25) is 9.69 Å². The molecule has 4 nitrogen and oxygen atoms in total. The summed E-state index contributed by atoms with van der Waals surface area (Å²) in [5.74, 6) is 0.0258. The molecule has 1 rings (SSSR count). The van der Waals surface area contributed by atoms with Gasteiger partial charge in [-0.1, -0.05) is 43.7 Å². The number of hydrogen-bond donors (Lipinski definition) is 2. The minimum atomic E-state index is 0.0258. The number of carbonyl (C=O) groups is 1. The van der Waals surface area contributed by atoms with Gasteiger partial charge in [-0.2, -0.15) is 0 Å². The van der Waals surface area contributed by atoms with Gasteiger partial charge in [0.1, 0.15) is 0 Å². The highest BCUT2D eigenvalue weighted by Crippen LogP contribution is 2.03. The van der Waals surface area contributed by atoms with Crippen molar-refractivity contribution in [1.82, 2.24) is 10.2 Å². The van der Waals surface area contributed by atoms with Crippen LogP contribution in [0.5, 0.6) is 0 Å². The average Bonchev–Trinajstić information content (AvgIpc) is 2.40. The maximum absolute atomic E-state index is 11.8. The predicted molar refractivity (Wildman–Crippen MR) is 76.7 cm³/mol. The number of benzene rings is 1. The van der Waals surface area contributed by atoms with Crippen LogP contribution in [0.3, 0.4) is 0 Å². The average molecular weight is 264 g/mol. The number of carbonyl (C=O) groups excluding carboxylic acids is 1. The lowest BCUT2D eigenvalue weighted by atomic mass is 10.2. The van der Waals surface area contributed by atoms with E-state index in [1.54, 1.807) is 0 Å². The van der Waals surface area contributed by atoms with Crippen LogP contribution in [0.2, 0.25) is 0 Å². The van der Waals surface area contributed by atoms with Crippen molar-refractivity contribution in [2.75, 3.05) is 26.2 Å². The van der Waals surface area contributed by atoms with E-state index in [2.05, 4.69) is 12.2 Å². The van der Waals surface area contributed by atoms with E-state index in [1.807, 2.05) is 35.2 Å². The molecular weight excluding hydrogens is 240 g/mol. The van der Waals surface area contributed by atoms with Gasteiger partial charge in [-0.05, 0) is 12.0 Å². The van der Waals surface area contributed by atoms with Gasteiger partial charge in [-0.15, -0.1) is 0 Å². The molecule has 0 aliphatic heterocycles. The van der Waals surface area contributed by atoms with Crippen molar-refractivity contribution in [1.29, 1.82) is 0 Å². The van der Waals surface area contributed by atoms with Gasteiger partial charge in [0.15, 0.2) is 0 Å². The van der Waals surface area contributed by atoms with E-state index in [-0.39, 0.29) is 12.5 Å². The lowest BCUT2D eigenvalue weighted by Crippen LogP contribution is -2.38. The number of rotatable bonds is 9. The summed E-state index contributed by atoms with van der Waals surface area (Å²) < 4.78 is 0. The molecule has 0 aromatic heterocycles. The highest BCUT2D eigenvalue weighted by molar-refractivity contribution is 5.77. The van der Waals surface area contributed by atoms with Gasteiger partial charge in [0.05, 0.1) is 13.2 Å². The summed E-state index contributed by atoms with van der Waals surface area (Å²) in [4.78, 5) is 13.7. The fraction of sp³-hybridized carbons (Fsp3) is 0.533. The molecule has 4 heteroatoms. The van der Waals surface area contributed by atoms with Crippen LogP contribution < -0.4 is 5.32 Å². The number of hydrogen-bond acceptors (Lipinski definition) is 3. The normalized spacial score (nSPS) is 10.7. The molecule has 0 radical (unpaired) electrons. The van der Waals surface area contributed by atoms with Crippen molar-refractivity contribution in [2.24, 2.45) is 0 Å². The molecule has 0 saturated heterocycles. The van der Waals surface area contributed by atoms with E-state index in [4.69, 9.17) is 5.11 Å². The van der Waals surface area contributed by atoms with Crippen LogP contribution in [0.25, 0.3) is 0 Å². The third kappa shape index (κ3) is 6.94. The van der Waals surface area contributed by atoms with Gasteiger partial charge in [0.2, 0.25) is 5.91 Å². The van der Waals surface area contributed by atoms with Crippen LogP contribution in [0, 0.1) is 0 Å². The topological polar surface area (TPSA) is 52.6 Å². The molecule has 0 heterocycles. The predicted octanol–water partition coefficient (Wildman–Crippen LogP) is 1.40. The van der Waals surface area contributed by atoms with Crippen molar-refractivity contribution < 1.29 is 9.90 Å². The Kier molecular flexibility index (Phi) is 7.86. The molecule has 1 aromatic rings. The van der Waals surface area contributed by atoms with Crippen molar-refractivity contribution in [2.45, 2.75) is 26.3 Å². The Morgan fingerprint density at radius 1 is 1.32 bits per heavy atom. The van der Waals surface area contributed by atoms with Gasteiger partial charge >= 0.3 is 0 Å². The van der Waals surface area contributed by atoms with Gasteiger partial charge < -0.3 is 10.4 Å². The maximum Gasteiger partial charge on any atom is 0.234 e. The summed E-state index contributed by atoms with van der Waals surface area (Å²) in [6.07, 6.45) is 2.08. The minimum absolute atomic E-state index is 0.0258. The Morgan fingerprint density at radius 3 is 2.68 bits per heavy atom. The van der Waals surface area contributed by atoms with Gasteiger partial charge in [0.25, 0.3) is 0 Å². The monoisotopic (exact) mass is 264 g/mol. The van der Waals surface area contributed by atoms with Gasteiger partial charge in [0, 0.05) is 19.6 Å². The van der Waals surface area contributed by atoms with E-state index in [9.17, 15) is 4.79 Å². The molecule has 0 unspecified atom stereocenters. The van der Waals surface area contributed by atoms with Crippen molar-refractivity contribution >= 4 is 5.91 Å². The molecule has 106 valence electrons. The molecule has 1 amide bonds. The second-order valence-electron chi connectivity index (χ2n) is 4.62. The third-order valence-corrected chi connectivity index (χ3v) is 2.88. The Balaban J connectivity index is 2.41. The number of aliphatic hydroxyl groups excluding tert-OH is 1. The molecule has 0 aliphatic rings. The van der Waals surface area contributed by atoms with Crippen molar-refractivity contribution in [3.8, 4) is 0 Å². The van der Waals surface area contributed by atoms with E-state index >= 15 is 0 Å². The van der Waals surface area contributed by atoms with Crippen LogP contribution >= 0.6 is 0 Å². The van der Waals surface area contributed by atoms with E-state index in [1.165, 1.54) is 0 Å². The van der Waals surface area contributed by atoms with Crippen LogP contribution in [0.15, 0.2) is 30.3 Å². The highest BCUT2D eigenvalue weighted by atomic mass is 16.3. The summed E-state index contributed by atoms with van der Waals surface area (Å²) in [7, 11) is 0.